The number of guanidine groups is 1. The first-order valence-electron chi connectivity index (χ1n) is 8.92. The van der Waals surface area contributed by atoms with Crippen molar-refractivity contribution in [2.45, 2.75) is 37.3 Å². The summed E-state index contributed by atoms with van der Waals surface area (Å²) in [6.45, 7) is 0.954. The van der Waals surface area contributed by atoms with Crippen LogP contribution in [0.2, 0.25) is 0 Å². The van der Waals surface area contributed by atoms with Gasteiger partial charge in [-0.1, -0.05) is 24.3 Å². The molecule has 2 aliphatic rings. The zero-order valence-electron chi connectivity index (χ0n) is 15.1. The van der Waals surface area contributed by atoms with Crippen LogP contribution in [0.15, 0.2) is 29.3 Å². The summed E-state index contributed by atoms with van der Waals surface area (Å²) in [6.07, 6.45) is 4.66. The van der Waals surface area contributed by atoms with Gasteiger partial charge in [-0.2, -0.15) is 11.8 Å². The topological polar surface area (TPSA) is 39.7 Å². The van der Waals surface area contributed by atoms with Crippen LogP contribution in [0.3, 0.4) is 0 Å². The van der Waals surface area contributed by atoms with Crippen LogP contribution in [0.1, 0.15) is 24.0 Å². The number of benzene rings is 1. The number of nitrogens with one attached hydrogen (secondary N) is 2. The number of hydrogen-bond acceptors (Lipinski definition) is 3. The highest BCUT2D eigenvalue weighted by molar-refractivity contribution is 7.99. The Morgan fingerprint density at radius 1 is 1.33 bits per heavy atom. The standard InChI is InChI=1S/C19H30N4S/c1-20-18(21-13-19(23(2)3)10-11-24-14-19)22-17-9-8-15-6-4-5-7-16(15)12-17/h4-7,17H,8-14H2,1-3H3,(H2,20,21,22). The molecule has 0 radical (unpaired) electrons. The molecule has 0 amide bonds. The summed E-state index contributed by atoms with van der Waals surface area (Å²) in [5, 5.41) is 7.23. The third-order valence-electron chi connectivity index (χ3n) is 5.53. The van der Waals surface area contributed by atoms with Crippen LogP contribution >= 0.6 is 11.8 Å². The quantitative estimate of drug-likeness (QED) is 0.647. The second-order valence-electron chi connectivity index (χ2n) is 7.20. The van der Waals surface area contributed by atoms with Gasteiger partial charge in [-0.05, 0) is 56.7 Å². The number of rotatable bonds is 4. The molecule has 2 unspecified atom stereocenters. The van der Waals surface area contributed by atoms with E-state index in [1.54, 1.807) is 0 Å². The number of aliphatic imine (C=N–C) groups is 1. The lowest BCUT2D eigenvalue weighted by atomic mass is 9.88. The van der Waals surface area contributed by atoms with Gasteiger partial charge in [0, 0.05) is 30.9 Å². The lowest BCUT2D eigenvalue weighted by molar-refractivity contribution is 0.183. The van der Waals surface area contributed by atoms with Crippen molar-refractivity contribution in [1.29, 1.82) is 0 Å². The fraction of sp³-hybridized carbons (Fsp3) is 0.632. The second kappa shape index (κ2) is 7.79. The average molecular weight is 347 g/mol. The Bertz CT molecular complexity index is 578. The van der Waals surface area contributed by atoms with E-state index in [4.69, 9.17) is 0 Å². The van der Waals surface area contributed by atoms with Crippen LogP contribution in [0.25, 0.3) is 0 Å². The fourth-order valence-electron chi connectivity index (χ4n) is 3.70. The number of nitrogens with zero attached hydrogens (tertiary/aromatic N) is 2. The molecule has 5 heteroatoms. The molecule has 0 saturated carbocycles. The predicted octanol–water partition coefficient (Wildman–Crippen LogP) is 2.15. The molecular weight excluding hydrogens is 316 g/mol. The van der Waals surface area contributed by atoms with Gasteiger partial charge in [0.25, 0.3) is 0 Å². The van der Waals surface area contributed by atoms with Gasteiger partial charge in [-0.3, -0.25) is 4.99 Å². The molecule has 0 bridgehead atoms. The van der Waals surface area contributed by atoms with E-state index in [0.717, 1.165) is 25.3 Å². The van der Waals surface area contributed by atoms with Gasteiger partial charge in [-0.15, -0.1) is 0 Å². The largest absolute Gasteiger partial charge is 0.355 e. The van der Waals surface area contributed by atoms with E-state index in [1.807, 2.05) is 7.05 Å². The van der Waals surface area contributed by atoms with Gasteiger partial charge < -0.3 is 15.5 Å². The summed E-state index contributed by atoms with van der Waals surface area (Å²) in [5.41, 5.74) is 3.24. The third kappa shape index (κ3) is 3.89. The van der Waals surface area contributed by atoms with E-state index < -0.39 is 0 Å². The van der Waals surface area contributed by atoms with Crippen LogP contribution in [-0.2, 0) is 12.8 Å². The Hall–Kier alpha value is -1.20. The summed E-state index contributed by atoms with van der Waals surface area (Å²) < 4.78 is 0. The zero-order chi connectivity index (χ0) is 17.0. The van der Waals surface area contributed by atoms with Gasteiger partial charge in [0.2, 0.25) is 0 Å². The molecule has 132 valence electrons. The molecule has 4 nitrogen and oxygen atoms in total. The molecule has 1 aromatic carbocycles. The van der Waals surface area contributed by atoms with E-state index in [9.17, 15) is 0 Å². The Labute approximate surface area is 150 Å². The van der Waals surface area contributed by atoms with Crippen molar-refractivity contribution in [3.63, 3.8) is 0 Å². The van der Waals surface area contributed by atoms with Gasteiger partial charge in [0.1, 0.15) is 0 Å². The number of thioether (sulfide) groups is 1. The Balaban J connectivity index is 1.56. The predicted molar refractivity (Wildman–Crippen MR) is 105 cm³/mol. The Morgan fingerprint density at radius 2 is 2.12 bits per heavy atom. The van der Waals surface area contributed by atoms with E-state index in [2.05, 4.69) is 70.6 Å². The monoisotopic (exact) mass is 346 g/mol. The maximum atomic E-state index is 4.46. The SMILES string of the molecule is CN=C(NCC1(N(C)C)CCSC1)NC1CCc2ccccc2C1. The highest BCUT2D eigenvalue weighted by Gasteiger charge is 2.36. The number of aryl methyl sites for hydroxylation is 1. The molecule has 1 aromatic rings. The molecule has 0 aromatic heterocycles. The van der Waals surface area contributed by atoms with Crippen molar-refractivity contribution in [2.75, 3.05) is 39.2 Å². The molecule has 2 N–H and O–H groups in total. The molecule has 1 heterocycles. The van der Waals surface area contributed by atoms with Gasteiger partial charge in [-0.25, -0.2) is 0 Å². The van der Waals surface area contributed by atoms with E-state index in [1.165, 1.54) is 35.5 Å². The van der Waals surface area contributed by atoms with Crippen LogP contribution in [0.4, 0.5) is 0 Å². The maximum absolute atomic E-state index is 4.46. The van der Waals surface area contributed by atoms with Gasteiger partial charge >= 0.3 is 0 Å². The third-order valence-corrected chi connectivity index (χ3v) is 6.76. The zero-order valence-corrected chi connectivity index (χ0v) is 16.0. The lowest BCUT2D eigenvalue weighted by Gasteiger charge is -2.36. The molecule has 1 aliphatic carbocycles. The molecular formula is C19H30N4S. The van der Waals surface area contributed by atoms with Gasteiger partial charge in [0.15, 0.2) is 5.96 Å². The fourth-order valence-corrected chi connectivity index (χ4v) is 5.26. The average Bonchev–Trinajstić information content (AvgIpc) is 3.09. The molecule has 1 fully saturated rings. The molecule has 24 heavy (non-hydrogen) atoms. The highest BCUT2D eigenvalue weighted by atomic mass is 32.2. The van der Waals surface area contributed by atoms with Crippen LogP contribution in [0, 0.1) is 0 Å². The summed E-state index contributed by atoms with van der Waals surface area (Å²) in [4.78, 5) is 6.84. The van der Waals surface area contributed by atoms with Crippen LogP contribution < -0.4 is 10.6 Å². The molecule has 0 spiro atoms. The van der Waals surface area contributed by atoms with E-state index in [-0.39, 0.29) is 5.54 Å². The van der Waals surface area contributed by atoms with Gasteiger partial charge in [0.05, 0.1) is 0 Å². The summed E-state index contributed by atoms with van der Waals surface area (Å²) >= 11 is 2.05. The van der Waals surface area contributed by atoms with Crippen LogP contribution in [0.5, 0.6) is 0 Å². The normalized spacial score (nSPS) is 27.2. The summed E-state index contributed by atoms with van der Waals surface area (Å²) in [7, 11) is 6.27. The molecule has 2 atom stereocenters. The minimum atomic E-state index is 0.251. The van der Waals surface area contributed by atoms with Crippen molar-refractivity contribution in [1.82, 2.24) is 15.5 Å². The smallest absolute Gasteiger partial charge is 0.191 e. The minimum Gasteiger partial charge on any atom is -0.355 e. The van der Waals surface area contributed by atoms with Crippen molar-refractivity contribution in [2.24, 2.45) is 4.99 Å². The molecule has 1 saturated heterocycles. The number of likely N-dealkylation sites (N-methyl/N-ethyl adjacent to an activating group) is 1. The summed E-state index contributed by atoms with van der Waals surface area (Å²) in [5.74, 6) is 3.39. The first-order chi connectivity index (χ1) is 11.6. The van der Waals surface area contributed by atoms with Crippen molar-refractivity contribution >= 4 is 17.7 Å². The van der Waals surface area contributed by atoms with Crippen molar-refractivity contribution in [3.8, 4) is 0 Å². The van der Waals surface area contributed by atoms with Crippen LogP contribution in [-0.4, -0.2) is 61.6 Å². The molecule has 3 rings (SSSR count). The maximum Gasteiger partial charge on any atom is 0.191 e. The number of fused-ring (bicyclic) bond motifs is 1. The Morgan fingerprint density at radius 3 is 2.79 bits per heavy atom. The van der Waals surface area contributed by atoms with Crippen molar-refractivity contribution in [3.05, 3.63) is 35.4 Å². The first kappa shape index (κ1) is 17.6. The lowest BCUT2D eigenvalue weighted by Crippen LogP contribution is -2.56. The molecule has 1 aliphatic heterocycles. The van der Waals surface area contributed by atoms with E-state index in [0.29, 0.717) is 6.04 Å². The number of hydrogen-bond donors (Lipinski definition) is 2. The second-order valence-corrected chi connectivity index (χ2v) is 8.31. The minimum absolute atomic E-state index is 0.251. The Kier molecular flexibility index (Phi) is 5.72. The van der Waals surface area contributed by atoms with Crippen molar-refractivity contribution < 1.29 is 0 Å². The van der Waals surface area contributed by atoms with E-state index >= 15 is 0 Å². The highest BCUT2D eigenvalue weighted by Crippen LogP contribution is 2.31. The summed E-state index contributed by atoms with van der Waals surface area (Å²) in [6, 6.07) is 9.28. The first-order valence-corrected chi connectivity index (χ1v) is 10.1.